The molecule has 3 rings (SSSR count). The Bertz CT molecular complexity index is 591. The summed E-state index contributed by atoms with van der Waals surface area (Å²) in [7, 11) is 0. The minimum atomic E-state index is -1.83. The third-order valence-electron chi connectivity index (χ3n) is 3.47. The molecule has 2 N–H and O–H groups in total. The van der Waals surface area contributed by atoms with Crippen molar-refractivity contribution in [2.24, 2.45) is 0 Å². The van der Waals surface area contributed by atoms with Gasteiger partial charge in [-0.1, -0.05) is 0 Å². The van der Waals surface area contributed by atoms with Gasteiger partial charge in [-0.15, -0.1) is 0 Å². The average molecular weight is 284 g/mol. The number of benzene rings is 1. The normalized spacial score (nSPS) is 22.3. The molecule has 1 saturated heterocycles. The van der Waals surface area contributed by atoms with E-state index in [1.165, 1.54) is 6.07 Å². The van der Waals surface area contributed by atoms with Crippen LogP contribution in [0.1, 0.15) is 24.0 Å². The highest BCUT2D eigenvalue weighted by Crippen LogP contribution is 2.38. The number of carbonyl (C=O) groups is 1. The average Bonchev–Trinajstić information content (AvgIpc) is 2.68. The highest BCUT2D eigenvalue weighted by molar-refractivity contribution is 7.85. The van der Waals surface area contributed by atoms with E-state index in [0.717, 1.165) is 29.1 Å². The van der Waals surface area contributed by atoms with Crippen LogP contribution < -0.4 is 9.03 Å². The van der Waals surface area contributed by atoms with Crippen LogP contribution in [0.4, 0.5) is 10.1 Å². The fraction of sp³-hybridized carbons (Fsp3) is 0.417. The quantitative estimate of drug-likeness (QED) is 0.806. The number of fused-ring (bicyclic) bond motifs is 1. The fourth-order valence-corrected chi connectivity index (χ4v) is 3.54. The summed E-state index contributed by atoms with van der Waals surface area (Å²) < 4.78 is 29.4. The Morgan fingerprint density at radius 2 is 2.11 bits per heavy atom. The summed E-state index contributed by atoms with van der Waals surface area (Å²) in [4.78, 5) is 11.2. The van der Waals surface area contributed by atoms with Crippen LogP contribution in [0.3, 0.4) is 0 Å². The van der Waals surface area contributed by atoms with Crippen molar-refractivity contribution in [2.45, 2.75) is 25.7 Å². The molecule has 5 nitrogen and oxygen atoms in total. The lowest BCUT2D eigenvalue weighted by molar-refractivity contribution is -0.117. The van der Waals surface area contributed by atoms with E-state index in [-0.39, 0.29) is 18.0 Å². The van der Waals surface area contributed by atoms with Crippen LogP contribution in [0.15, 0.2) is 6.07 Å². The highest BCUT2D eigenvalue weighted by atomic mass is 32.2. The summed E-state index contributed by atoms with van der Waals surface area (Å²) in [5.74, 6) is -1.27. The van der Waals surface area contributed by atoms with Gasteiger partial charge in [0.2, 0.25) is 11.2 Å². The van der Waals surface area contributed by atoms with E-state index in [1.807, 2.05) is 0 Å². The maximum absolute atomic E-state index is 14.5. The molecule has 1 fully saturated rings. The summed E-state index contributed by atoms with van der Waals surface area (Å²) in [6.45, 7) is -0.212. The second kappa shape index (κ2) is 4.48. The zero-order valence-electron chi connectivity index (χ0n) is 10.1. The van der Waals surface area contributed by atoms with Gasteiger partial charge in [0, 0.05) is 0 Å². The van der Waals surface area contributed by atoms with Crippen molar-refractivity contribution in [3.8, 4) is 5.75 Å². The molecule has 1 unspecified atom stereocenters. The minimum absolute atomic E-state index is 0.141. The van der Waals surface area contributed by atoms with Gasteiger partial charge in [-0.05, 0) is 42.9 Å². The van der Waals surface area contributed by atoms with Crippen molar-refractivity contribution < 1.29 is 18.5 Å². The van der Waals surface area contributed by atoms with Crippen LogP contribution in [-0.2, 0) is 28.8 Å². The molecule has 0 radical (unpaired) electrons. The van der Waals surface area contributed by atoms with E-state index in [1.54, 1.807) is 0 Å². The Hall–Kier alpha value is -1.63. The second-order valence-electron chi connectivity index (χ2n) is 4.71. The molecule has 7 heteroatoms. The minimum Gasteiger partial charge on any atom is -0.506 e. The van der Waals surface area contributed by atoms with Gasteiger partial charge in [0.05, 0.1) is 0 Å². The summed E-state index contributed by atoms with van der Waals surface area (Å²) in [5, 5.41) is 9.96. The van der Waals surface area contributed by atoms with Crippen LogP contribution in [-0.4, -0.2) is 21.8 Å². The molecule has 0 spiro atoms. The number of hydrogen-bond acceptors (Lipinski definition) is 3. The standard InChI is InChI=1S/C12H13FN2O3S/c13-11-8-4-2-1-3-7(8)5-9(16)12(11)15-6-10(17)14-19(15)18/h5,16H,1-4,6H2,(H,14,17). The molecule has 0 saturated carbocycles. The molecule has 1 amide bonds. The Balaban J connectivity index is 2.11. The number of nitrogens with one attached hydrogen (secondary N) is 1. The lowest BCUT2D eigenvalue weighted by Crippen LogP contribution is -2.24. The van der Waals surface area contributed by atoms with E-state index in [2.05, 4.69) is 4.72 Å². The summed E-state index contributed by atoms with van der Waals surface area (Å²) in [6, 6.07) is 1.52. The van der Waals surface area contributed by atoms with Crippen LogP contribution in [0, 0.1) is 5.82 Å². The van der Waals surface area contributed by atoms with Gasteiger partial charge in [-0.2, -0.15) is 0 Å². The van der Waals surface area contributed by atoms with E-state index in [4.69, 9.17) is 0 Å². The molecule has 1 heterocycles. The molecule has 102 valence electrons. The Morgan fingerprint density at radius 1 is 1.37 bits per heavy atom. The predicted molar refractivity (Wildman–Crippen MR) is 68.3 cm³/mol. The Morgan fingerprint density at radius 3 is 2.79 bits per heavy atom. The lowest BCUT2D eigenvalue weighted by Gasteiger charge is -2.22. The van der Waals surface area contributed by atoms with Gasteiger partial charge in [-0.25, -0.2) is 8.60 Å². The van der Waals surface area contributed by atoms with Crippen LogP contribution in [0.2, 0.25) is 0 Å². The number of phenols is 1. The monoisotopic (exact) mass is 284 g/mol. The van der Waals surface area contributed by atoms with Crippen molar-refractivity contribution in [1.82, 2.24) is 4.72 Å². The number of anilines is 1. The number of hydrogen-bond donors (Lipinski definition) is 2. The van der Waals surface area contributed by atoms with Gasteiger partial charge >= 0.3 is 0 Å². The van der Waals surface area contributed by atoms with E-state index in [9.17, 15) is 18.5 Å². The molecular weight excluding hydrogens is 271 g/mol. The van der Waals surface area contributed by atoms with Crippen molar-refractivity contribution >= 4 is 22.8 Å². The zero-order valence-corrected chi connectivity index (χ0v) is 10.9. The zero-order chi connectivity index (χ0) is 13.6. The van der Waals surface area contributed by atoms with Crippen molar-refractivity contribution in [2.75, 3.05) is 10.8 Å². The number of aromatic hydroxyl groups is 1. The Kier molecular flexibility index (Phi) is 2.93. The van der Waals surface area contributed by atoms with Crippen LogP contribution in [0.5, 0.6) is 5.75 Å². The number of halogens is 1. The molecular formula is C12H13FN2O3S. The smallest absolute Gasteiger partial charge is 0.253 e. The van der Waals surface area contributed by atoms with Gasteiger partial charge in [-0.3, -0.25) is 13.8 Å². The first-order valence-electron chi connectivity index (χ1n) is 6.10. The van der Waals surface area contributed by atoms with Crippen LogP contribution in [0.25, 0.3) is 0 Å². The maximum atomic E-state index is 14.5. The molecule has 19 heavy (non-hydrogen) atoms. The maximum Gasteiger partial charge on any atom is 0.253 e. The Labute approximate surface area is 112 Å². The van der Waals surface area contributed by atoms with Gasteiger partial charge in [0.1, 0.15) is 18.0 Å². The molecule has 0 bridgehead atoms. The number of amides is 1. The van der Waals surface area contributed by atoms with Gasteiger partial charge < -0.3 is 5.11 Å². The van der Waals surface area contributed by atoms with Crippen molar-refractivity contribution in [1.29, 1.82) is 0 Å². The second-order valence-corrected chi connectivity index (χ2v) is 5.86. The number of nitrogens with zero attached hydrogens (tertiary/aromatic N) is 1. The van der Waals surface area contributed by atoms with Gasteiger partial charge in [0.15, 0.2) is 5.82 Å². The van der Waals surface area contributed by atoms with E-state index < -0.39 is 22.9 Å². The summed E-state index contributed by atoms with van der Waals surface area (Å²) in [5.41, 5.74) is 1.22. The first kappa shape index (κ1) is 12.4. The number of aryl methyl sites for hydroxylation is 1. The first-order valence-corrected chi connectivity index (χ1v) is 7.20. The number of carbonyl (C=O) groups excluding carboxylic acids is 1. The number of phenolic OH excluding ortho intramolecular Hbond substituents is 1. The van der Waals surface area contributed by atoms with Crippen molar-refractivity contribution in [3.63, 3.8) is 0 Å². The highest BCUT2D eigenvalue weighted by Gasteiger charge is 2.33. The summed E-state index contributed by atoms with van der Waals surface area (Å²) in [6.07, 6.45) is 3.21. The number of rotatable bonds is 1. The molecule has 1 aromatic rings. The molecule has 2 aliphatic rings. The first-order chi connectivity index (χ1) is 9.08. The SMILES string of the molecule is O=C1CN(c2c(O)cc3c(c2F)CCCC3)S(=O)N1. The largest absolute Gasteiger partial charge is 0.506 e. The third-order valence-corrected chi connectivity index (χ3v) is 4.59. The third kappa shape index (κ3) is 1.98. The van der Waals surface area contributed by atoms with Crippen LogP contribution >= 0.6 is 0 Å². The van der Waals surface area contributed by atoms with E-state index in [0.29, 0.717) is 12.0 Å². The summed E-state index contributed by atoms with van der Waals surface area (Å²) >= 11 is -1.83. The predicted octanol–water partition coefficient (Wildman–Crippen LogP) is 0.925. The lowest BCUT2D eigenvalue weighted by atomic mass is 9.90. The molecule has 0 aromatic heterocycles. The topological polar surface area (TPSA) is 69.6 Å². The molecule has 1 aliphatic heterocycles. The molecule has 1 atom stereocenters. The van der Waals surface area contributed by atoms with E-state index >= 15 is 0 Å². The molecule has 1 aromatic carbocycles. The van der Waals surface area contributed by atoms with Crippen molar-refractivity contribution in [3.05, 3.63) is 23.0 Å². The fourth-order valence-electron chi connectivity index (χ4n) is 2.60. The van der Waals surface area contributed by atoms with Gasteiger partial charge in [0.25, 0.3) is 5.91 Å². The molecule has 1 aliphatic carbocycles.